The quantitative estimate of drug-likeness (QED) is 0.269. The van der Waals surface area contributed by atoms with E-state index in [2.05, 4.69) is 12.2 Å². The molecule has 0 aromatic heterocycles. The molecule has 0 aliphatic carbocycles. The maximum atomic E-state index is 12.8. The van der Waals surface area contributed by atoms with Crippen molar-refractivity contribution in [1.82, 2.24) is 5.32 Å². The molecule has 1 amide bonds. The van der Waals surface area contributed by atoms with Crippen LogP contribution in [0.25, 0.3) is 0 Å². The summed E-state index contributed by atoms with van der Waals surface area (Å²) in [5, 5.41) is 12.8. The molecule has 0 saturated heterocycles. The van der Waals surface area contributed by atoms with Crippen molar-refractivity contribution in [2.75, 3.05) is 13.1 Å². The van der Waals surface area contributed by atoms with Gasteiger partial charge in [0, 0.05) is 18.3 Å². The zero-order valence-electron chi connectivity index (χ0n) is 18.8. The SMILES string of the molecule is CCCCCCC(CCN)C(=O)C[C@H](C(=O)N[C@@H](CCN)C(=O)C(C)C)[C@H](C)O. The number of aliphatic hydroxyl groups excluding tert-OH is 1. The molecule has 0 aliphatic heterocycles. The Hall–Kier alpha value is -1.31. The highest BCUT2D eigenvalue weighted by molar-refractivity contribution is 5.93. The van der Waals surface area contributed by atoms with Gasteiger partial charge in [0.05, 0.1) is 18.1 Å². The number of nitrogens with two attached hydrogens (primary N) is 2. The number of aliphatic hydroxyl groups is 1. The largest absolute Gasteiger partial charge is 0.393 e. The monoisotopic (exact) mass is 413 g/mol. The fourth-order valence-electron chi connectivity index (χ4n) is 3.48. The molecule has 0 aliphatic rings. The summed E-state index contributed by atoms with van der Waals surface area (Å²) in [4.78, 5) is 37.9. The summed E-state index contributed by atoms with van der Waals surface area (Å²) in [5.74, 6) is -1.94. The fourth-order valence-corrected chi connectivity index (χ4v) is 3.48. The van der Waals surface area contributed by atoms with Crippen molar-refractivity contribution in [3.8, 4) is 0 Å². The Morgan fingerprint density at radius 2 is 1.55 bits per heavy atom. The average molecular weight is 414 g/mol. The Labute approximate surface area is 176 Å². The molecular weight excluding hydrogens is 370 g/mol. The molecule has 170 valence electrons. The lowest BCUT2D eigenvalue weighted by molar-refractivity contribution is -0.137. The molecule has 0 bridgehead atoms. The Bertz CT molecular complexity index is 494. The molecule has 1 unspecified atom stereocenters. The van der Waals surface area contributed by atoms with Gasteiger partial charge in [-0.25, -0.2) is 0 Å². The van der Waals surface area contributed by atoms with Gasteiger partial charge in [-0.2, -0.15) is 0 Å². The van der Waals surface area contributed by atoms with Crippen LogP contribution in [0.1, 0.15) is 79.1 Å². The van der Waals surface area contributed by atoms with Crippen LogP contribution >= 0.6 is 0 Å². The molecule has 0 rings (SSSR count). The minimum Gasteiger partial charge on any atom is -0.393 e. The summed E-state index contributed by atoms with van der Waals surface area (Å²) in [6.45, 7) is 7.84. The molecule has 0 heterocycles. The number of rotatable bonds is 17. The number of hydrogen-bond acceptors (Lipinski definition) is 6. The minimum absolute atomic E-state index is 0.0430. The van der Waals surface area contributed by atoms with E-state index in [0.29, 0.717) is 19.4 Å². The molecule has 6 N–H and O–H groups in total. The van der Waals surface area contributed by atoms with Crippen LogP contribution in [0.4, 0.5) is 0 Å². The van der Waals surface area contributed by atoms with Crippen LogP contribution in [0, 0.1) is 17.8 Å². The van der Waals surface area contributed by atoms with Gasteiger partial charge in [0.25, 0.3) is 0 Å². The lowest BCUT2D eigenvalue weighted by atomic mass is 9.86. The standard InChI is InChI=1S/C22H43N3O4/c1-5-6-7-8-9-17(10-12-23)20(27)14-18(16(4)26)22(29)25-19(11-13-24)21(28)15(2)3/h15-19,26H,5-14,23-24H2,1-4H3,(H,25,29)/t16-,17?,18-,19-/m0/s1. The topological polar surface area (TPSA) is 136 Å². The summed E-state index contributed by atoms with van der Waals surface area (Å²) in [7, 11) is 0. The summed E-state index contributed by atoms with van der Waals surface area (Å²) in [6.07, 6.45) is 4.91. The summed E-state index contributed by atoms with van der Waals surface area (Å²) < 4.78 is 0. The third-order valence-corrected chi connectivity index (χ3v) is 5.40. The molecule has 0 fully saturated rings. The van der Waals surface area contributed by atoms with Crippen molar-refractivity contribution in [1.29, 1.82) is 0 Å². The van der Waals surface area contributed by atoms with Crippen LogP contribution < -0.4 is 16.8 Å². The van der Waals surface area contributed by atoms with E-state index in [1.807, 2.05) is 0 Å². The van der Waals surface area contributed by atoms with E-state index >= 15 is 0 Å². The summed E-state index contributed by atoms with van der Waals surface area (Å²) in [6, 6.07) is -0.697. The van der Waals surface area contributed by atoms with E-state index in [1.54, 1.807) is 13.8 Å². The van der Waals surface area contributed by atoms with Gasteiger partial charge in [0.1, 0.15) is 5.78 Å². The lowest BCUT2D eigenvalue weighted by Crippen LogP contribution is -2.48. The van der Waals surface area contributed by atoms with Crippen LogP contribution in [0.15, 0.2) is 0 Å². The van der Waals surface area contributed by atoms with E-state index in [-0.39, 0.29) is 36.4 Å². The molecule has 0 aromatic carbocycles. The van der Waals surface area contributed by atoms with Gasteiger partial charge in [0.15, 0.2) is 5.78 Å². The van der Waals surface area contributed by atoms with Crippen molar-refractivity contribution in [2.45, 2.75) is 91.2 Å². The van der Waals surface area contributed by atoms with E-state index < -0.39 is 24.0 Å². The molecule has 0 spiro atoms. The number of carbonyl (C=O) groups is 3. The number of amides is 1. The maximum absolute atomic E-state index is 12.8. The number of unbranched alkanes of at least 4 members (excludes halogenated alkanes) is 3. The zero-order chi connectivity index (χ0) is 22.4. The van der Waals surface area contributed by atoms with Gasteiger partial charge < -0.3 is 21.9 Å². The molecule has 0 aromatic rings. The van der Waals surface area contributed by atoms with Crippen molar-refractivity contribution >= 4 is 17.5 Å². The molecular formula is C22H43N3O4. The molecule has 29 heavy (non-hydrogen) atoms. The van der Waals surface area contributed by atoms with Crippen LogP contribution in [0.3, 0.4) is 0 Å². The second-order valence-electron chi connectivity index (χ2n) is 8.34. The number of nitrogens with one attached hydrogen (secondary N) is 1. The van der Waals surface area contributed by atoms with Crippen molar-refractivity contribution < 1.29 is 19.5 Å². The third-order valence-electron chi connectivity index (χ3n) is 5.40. The van der Waals surface area contributed by atoms with Crippen molar-refractivity contribution in [3.63, 3.8) is 0 Å². The fraction of sp³-hybridized carbons (Fsp3) is 0.864. The highest BCUT2D eigenvalue weighted by Gasteiger charge is 2.32. The number of ketones is 2. The smallest absolute Gasteiger partial charge is 0.226 e. The van der Waals surface area contributed by atoms with Crippen LogP contribution in [0.2, 0.25) is 0 Å². The maximum Gasteiger partial charge on any atom is 0.226 e. The summed E-state index contributed by atoms with van der Waals surface area (Å²) in [5.41, 5.74) is 11.3. The Morgan fingerprint density at radius 3 is 2.03 bits per heavy atom. The first-order valence-electron chi connectivity index (χ1n) is 11.1. The zero-order valence-corrected chi connectivity index (χ0v) is 18.8. The van der Waals surface area contributed by atoms with Gasteiger partial charge >= 0.3 is 0 Å². The first-order valence-corrected chi connectivity index (χ1v) is 11.1. The van der Waals surface area contributed by atoms with Crippen LogP contribution in [0.5, 0.6) is 0 Å². The molecule has 7 heteroatoms. The van der Waals surface area contributed by atoms with E-state index in [0.717, 1.165) is 32.1 Å². The predicted octanol–water partition coefficient (Wildman–Crippen LogP) is 1.94. The second kappa shape index (κ2) is 15.5. The average Bonchev–Trinajstić information content (AvgIpc) is 2.66. The Morgan fingerprint density at radius 1 is 0.931 bits per heavy atom. The van der Waals surface area contributed by atoms with E-state index in [9.17, 15) is 19.5 Å². The van der Waals surface area contributed by atoms with Crippen molar-refractivity contribution in [3.05, 3.63) is 0 Å². The highest BCUT2D eigenvalue weighted by Crippen LogP contribution is 2.21. The van der Waals surface area contributed by atoms with Gasteiger partial charge in [-0.1, -0.05) is 46.5 Å². The first-order chi connectivity index (χ1) is 13.7. The van der Waals surface area contributed by atoms with Crippen molar-refractivity contribution in [2.24, 2.45) is 29.2 Å². The molecule has 4 atom stereocenters. The second-order valence-corrected chi connectivity index (χ2v) is 8.34. The van der Waals surface area contributed by atoms with Gasteiger partial charge in [-0.3, -0.25) is 14.4 Å². The number of hydrogen-bond donors (Lipinski definition) is 4. The Kier molecular flexibility index (Phi) is 14.8. The normalized spacial score (nSPS) is 15.6. The van der Waals surface area contributed by atoms with Gasteiger partial charge in [0.2, 0.25) is 5.91 Å². The highest BCUT2D eigenvalue weighted by atomic mass is 16.3. The summed E-state index contributed by atoms with van der Waals surface area (Å²) >= 11 is 0. The number of Topliss-reactive ketones (excluding diaryl/α,β-unsaturated/α-hetero) is 2. The first kappa shape index (κ1) is 27.7. The third kappa shape index (κ3) is 10.9. The molecule has 0 radical (unpaired) electrons. The van der Waals surface area contributed by atoms with E-state index in [1.165, 1.54) is 6.92 Å². The minimum atomic E-state index is -0.995. The van der Waals surface area contributed by atoms with E-state index in [4.69, 9.17) is 11.5 Å². The van der Waals surface area contributed by atoms with Gasteiger partial charge in [-0.15, -0.1) is 0 Å². The molecule has 7 nitrogen and oxygen atoms in total. The predicted molar refractivity (Wildman–Crippen MR) is 116 cm³/mol. The number of carbonyl (C=O) groups excluding carboxylic acids is 3. The van der Waals surface area contributed by atoms with Gasteiger partial charge in [-0.05, 0) is 39.3 Å². The molecule has 0 saturated carbocycles. The van der Waals surface area contributed by atoms with Crippen LogP contribution in [-0.2, 0) is 14.4 Å². The van der Waals surface area contributed by atoms with Crippen LogP contribution in [-0.4, -0.2) is 47.8 Å². The Balaban J connectivity index is 5.09. The lowest BCUT2D eigenvalue weighted by Gasteiger charge is -2.25.